The van der Waals surface area contributed by atoms with Gasteiger partial charge in [-0.1, -0.05) is 6.92 Å². The van der Waals surface area contributed by atoms with Gasteiger partial charge in [0, 0.05) is 38.1 Å². The van der Waals surface area contributed by atoms with Crippen molar-refractivity contribution in [1.29, 1.82) is 0 Å². The van der Waals surface area contributed by atoms with E-state index in [1.807, 2.05) is 18.7 Å². The molecule has 4 nitrogen and oxygen atoms in total. The van der Waals surface area contributed by atoms with Crippen LogP contribution < -0.4 is 5.73 Å². The lowest BCUT2D eigenvalue weighted by molar-refractivity contribution is 0.174. The first-order chi connectivity index (χ1) is 7.49. The zero-order valence-corrected chi connectivity index (χ0v) is 10.9. The summed E-state index contributed by atoms with van der Waals surface area (Å²) in [5.41, 5.74) is 9.67. The first-order valence-electron chi connectivity index (χ1n) is 5.73. The number of aryl methyl sites for hydroxylation is 2. The lowest BCUT2D eigenvalue weighted by Crippen LogP contribution is -2.21. The molecule has 0 amide bonds. The zero-order valence-electron chi connectivity index (χ0n) is 10.9. The van der Waals surface area contributed by atoms with Crippen molar-refractivity contribution in [2.45, 2.75) is 33.2 Å². The van der Waals surface area contributed by atoms with E-state index in [1.54, 1.807) is 7.11 Å². The molecule has 1 rings (SSSR count). The summed E-state index contributed by atoms with van der Waals surface area (Å²) in [5.74, 6) is 0.404. The Morgan fingerprint density at radius 2 is 2.06 bits per heavy atom. The summed E-state index contributed by atoms with van der Waals surface area (Å²) in [6.45, 7) is 7.01. The highest BCUT2D eigenvalue weighted by Gasteiger charge is 2.21. The van der Waals surface area contributed by atoms with Crippen LogP contribution in [0, 0.1) is 19.8 Å². The maximum Gasteiger partial charge on any atom is 0.0644 e. The van der Waals surface area contributed by atoms with E-state index < -0.39 is 0 Å². The molecular weight excluding hydrogens is 202 g/mol. The monoisotopic (exact) mass is 225 g/mol. The molecule has 0 fully saturated rings. The summed E-state index contributed by atoms with van der Waals surface area (Å²) in [4.78, 5) is 0. The molecule has 0 saturated carbocycles. The minimum atomic E-state index is 0.0452. The van der Waals surface area contributed by atoms with Gasteiger partial charge < -0.3 is 10.5 Å². The molecule has 0 aromatic carbocycles. The molecule has 0 radical (unpaired) electrons. The standard InChI is InChI=1S/C12H23N3O/c1-8(6-7-16-5)12(13)11-9(2)14-15(4)10(11)3/h8,12H,6-7,13H2,1-5H3. The van der Waals surface area contributed by atoms with Crippen LogP contribution in [0.3, 0.4) is 0 Å². The van der Waals surface area contributed by atoms with Gasteiger partial charge in [-0.3, -0.25) is 4.68 Å². The Bertz CT molecular complexity index is 346. The van der Waals surface area contributed by atoms with Crippen LogP contribution >= 0.6 is 0 Å². The number of ether oxygens (including phenoxy) is 1. The third-order valence-corrected chi connectivity index (χ3v) is 3.29. The number of hydrogen-bond donors (Lipinski definition) is 1. The SMILES string of the molecule is COCCC(C)C(N)c1c(C)nn(C)c1C. The van der Waals surface area contributed by atoms with E-state index in [9.17, 15) is 0 Å². The molecule has 0 spiro atoms. The van der Waals surface area contributed by atoms with Gasteiger partial charge in [0.05, 0.1) is 5.69 Å². The topological polar surface area (TPSA) is 53.1 Å². The summed E-state index contributed by atoms with van der Waals surface area (Å²) in [6.07, 6.45) is 0.978. The Labute approximate surface area is 97.8 Å². The third kappa shape index (κ3) is 2.62. The van der Waals surface area contributed by atoms with E-state index in [0.717, 1.165) is 24.4 Å². The van der Waals surface area contributed by atoms with Crippen molar-refractivity contribution in [2.75, 3.05) is 13.7 Å². The molecule has 16 heavy (non-hydrogen) atoms. The van der Waals surface area contributed by atoms with Crippen molar-refractivity contribution < 1.29 is 4.74 Å². The molecule has 0 saturated heterocycles. The van der Waals surface area contributed by atoms with Crippen LogP contribution in [-0.2, 0) is 11.8 Å². The Kier molecular flexibility index (Phi) is 4.50. The Balaban J connectivity index is 2.82. The molecule has 0 aliphatic carbocycles. The van der Waals surface area contributed by atoms with Gasteiger partial charge in [0.25, 0.3) is 0 Å². The van der Waals surface area contributed by atoms with Crippen LogP contribution in [0.25, 0.3) is 0 Å². The highest BCUT2D eigenvalue weighted by molar-refractivity contribution is 5.28. The van der Waals surface area contributed by atoms with E-state index in [0.29, 0.717) is 5.92 Å². The van der Waals surface area contributed by atoms with Crippen molar-refractivity contribution in [2.24, 2.45) is 18.7 Å². The number of hydrogen-bond acceptors (Lipinski definition) is 3. The van der Waals surface area contributed by atoms with Crippen molar-refractivity contribution in [3.8, 4) is 0 Å². The Morgan fingerprint density at radius 1 is 1.44 bits per heavy atom. The summed E-state index contributed by atoms with van der Waals surface area (Å²) in [7, 11) is 3.68. The molecule has 1 heterocycles. The predicted molar refractivity (Wildman–Crippen MR) is 65.3 cm³/mol. The van der Waals surface area contributed by atoms with Gasteiger partial charge in [0.2, 0.25) is 0 Å². The second-order valence-electron chi connectivity index (χ2n) is 4.49. The number of rotatable bonds is 5. The van der Waals surface area contributed by atoms with Gasteiger partial charge in [-0.2, -0.15) is 5.10 Å². The summed E-state index contributed by atoms with van der Waals surface area (Å²) in [6, 6.07) is 0.0452. The molecule has 0 bridgehead atoms. The molecule has 0 aliphatic rings. The second kappa shape index (κ2) is 5.46. The fourth-order valence-electron chi connectivity index (χ4n) is 2.04. The molecule has 2 atom stereocenters. The van der Waals surface area contributed by atoms with Crippen LogP contribution in [-0.4, -0.2) is 23.5 Å². The van der Waals surface area contributed by atoms with Crippen molar-refractivity contribution in [1.82, 2.24) is 9.78 Å². The molecule has 92 valence electrons. The minimum Gasteiger partial charge on any atom is -0.385 e. The van der Waals surface area contributed by atoms with Crippen LogP contribution in [0.1, 0.15) is 36.3 Å². The molecular formula is C12H23N3O. The van der Waals surface area contributed by atoms with Crippen molar-refractivity contribution in [3.63, 3.8) is 0 Å². The summed E-state index contributed by atoms with van der Waals surface area (Å²) in [5, 5.41) is 4.40. The third-order valence-electron chi connectivity index (χ3n) is 3.29. The summed E-state index contributed by atoms with van der Waals surface area (Å²) < 4.78 is 6.98. The maximum atomic E-state index is 6.29. The first-order valence-corrected chi connectivity index (χ1v) is 5.73. The van der Waals surface area contributed by atoms with Gasteiger partial charge in [0.15, 0.2) is 0 Å². The van der Waals surface area contributed by atoms with E-state index >= 15 is 0 Å². The van der Waals surface area contributed by atoms with Gasteiger partial charge in [-0.15, -0.1) is 0 Å². The highest BCUT2D eigenvalue weighted by Crippen LogP contribution is 2.26. The quantitative estimate of drug-likeness (QED) is 0.830. The number of methoxy groups -OCH3 is 1. The normalized spacial score (nSPS) is 15.1. The number of nitrogens with zero attached hydrogens (tertiary/aromatic N) is 2. The molecule has 4 heteroatoms. The molecule has 1 aromatic heterocycles. The smallest absolute Gasteiger partial charge is 0.0644 e. The molecule has 2 N–H and O–H groups in total. The minimum absolute atomic E-state index is 0.0452. The molecule has 0 aliphatic heterocycles. The van der Waals surface area contributed by atoms with E-state index in [4.69, 9.17) is 10.5 Å². The lowest BCUT2D eigenvalue weighted by atomic mass is 9.92. The first kappa shape index (κ1) is 13.2. The molecule has 1 aromatic rings. The second-order valence-corrected chi connectivity index (χ2v) is 4.49. The fraction of sp³-hybridized carbons (Fsp3) is 0.750. The van der Waals surface area contributed by atoms with Crippen molar-refractivity contribution in [3.05, 3.63) is 17.0 Å². The number of aromatic nitrogens is 2. The van der Waals surface area contributed by atoms with Gasteiger partial charge >= 0.3 is 0 Å². The van der Waals surface area contributed by atoms with Gasteiger partial charge in [-0.05, 0) is 26.2 Å². The number of nitrogens with two attached hydrogens (primary N) is 1. The van der Waals surface area contributed by atoms with Gasteiger partial charge in [0.1, 0.15) is 0 Å². The van der Waals surface area contributed by atoms with Crippen molar-refractivity contribution >= 4 is 0 Å². The fourth-order valence-corrected chi connectivity index (χ4v) is 2.04. The maximum absolute atomic E-state index is 6.29. The van der Waals surface area contributed by atoms with E-state index in [-0.39, 0.29) is 6.04 Å². The van der Waals surface area contributed by atoms with Crippen LogP contribution in [0.2, 0.25) is 0 Å². The predicted octanol–water partition coefficient (Wildman–Crippen LogP) is 1.71. The van der Waals surface area contributed by atoms with Crippen LogP contribution in [0.4, 0.5) is 0 Å². The summed E-state index contributed by atoms with van der Waals surface area (Å²) >= 11 is 0. The van der Waals surface area contributed by atoms with E-state index in [2.05, 4.69) is 18.9 Å². The average molecular weight is 225 g/mol. The van der Waals surface area contributed by atoms with Crippen LogP contribution in [0.15, 0.2) is 0 Å². The average Bonchev–Trinajstić information content (AvgIpc) is 2.49. The Morgan fingerprint density at radius 3 is 2.50 bits per heavy atom. The Hall–Kier alpha value is -0.870. The van der Waals surface area contributed by atoms with Crippen LogP contribution in [0.5, 0.6) is 0 Å². The molecule has 2 unspecified atom stereocenters. The zero-order chi connectivity index (χ0) is 12.3. The highest BCUT2D eigenvalue weighted by atomic mass is 16.5. The van der Waals surface area contributed by atoms with Gasteiger partial charge in [-0.25, -0.2) is 0 Å². The largest absolute Gasteiger partial charge is 0.385 e. The lowest BCUT2D eigenvalue weighted by Gasteiger charge is -2.20. The van der Waals surface area contributed by atoms with E-state index in [1.165, 1.54) is 5.56 Å².